The fourth-order valence-electron chi connectivity index (χ4n) is 1.87. The van der Waals surface area contributed by atoms with Gasteiger partial charge in [-0.05, 0) is 43.8 Å². The molecule has 3 nitrogen and oxygen atoms in total. The number of nitrogens with one attached hydrogen (secondary N) is 2. The van der Waals surface area contributed by atoms with E-state index < -0.39 is 0 Å². The Labute approximate surface area is 92.9 Å². The van der Waals surface area contributed by atoms with Crippen molar-refractivity contribution in [2.24, 2.45) is 5.92 Å². The van der Waals surface area contributed by atoms with Crippen molar-refractivity contribution in [2.75, 3.05) is 5.32 Å². The summed E-state index contributed by atoms with van der Waals surface area (Å²) in [4.78, 5) is 0. The zero-order valence-electron chi connectivity index (χ0n) is 8.25. The van der Waals surface area contributed by atoms with Crippen molar-refractivity contribution in [3.05, 3.63) is 3.95 Å². The van der Waals surface area contributed by atoms with Crippen LogP contribution in [0.3, 0.4) is 0 Å². The first-order valence-corrected chi connectivity index (χ1v) is 6.28. The number of aromatic amines is 1. The molecule has 1 aliphatic rings. The fraction of sp³-hybridized carbons (Fsp3) is 0.778. The van der Waals surface area contributed by atoms with Gasteiger partial charge in [0, 0.05) is 6.04 Å². The van der Waals surface area contributed by atoms with Crippen LogP contribution in [-0.4, -0.2) is 16.2 Å². The second-order valence-electron chi connectivity index (χ2n) is 4.02. The molecular formula is C9H15N3S2. The third-order valence-corrected chi connectivity index (χ3v) is 3.80. The third kappa shape index (κ3) is 2.54. The lowest BCUT2D eigenvalue weighted by Crippen LogP contribution is -2.25. The summed E-state index contributed by atoms with van der Waals surface area (Å²) in [6.45, 7) is 2.33. The molecule has 5 heteroatoms. The normalized spacial score (nSPS) is 27.5. The molecule has 78 valence electrons. The van der Waals surface area contributed by atoms with Crippen molar-refractivity contribution in [1.29, 1.82) is 0 Å². The molecule has 2 rings (SSSR count). The van der Waals surface area contributed by atoms with Crippen LogP contribution in [0.5, 0.6) is 0 Å². The largest absolute Gasteiger partial charge is 0.357 e. The first-order valence-electron chi connectivity index (χ1n) is 5.06. The standard InChI is InChI=1S/C9H15N3S2/c1-6-2-4-7(5-3-6)10-8-11-12-9(13)14-8/h6-7H,2-5H2,1H3,(H,10,11)(H,12,13). The number of nitrogens with zero attached hydrogens (tertiary/aromatic N) is 1. The molecule has 0 unspecified atom stereocenters. The Hall–Kier alpha value is -0.420. The van der Waals surface area contributed by atoms with Gasteiger partial charge in [0.05, 0.1) is 0 Å². The Morgan fingerprint density at radius 1 is 1.43 bits per heavy atom. The van der Waals surface area contributed by atoms with Gasteiger partial charge in [-0.1, -0.05) is 18.3 Å². The van der Waals surface area contributed by atoms with Crippen molar-refractivity contribution in [2.45, 2.75) is 38.6 Å². The maximum Gasteiger partial charge on any atom is 0.204 e. The van der Waals surface area contributed by atoms with Crippen molar-refractivity contribution < 1.29 is 0 Å². The van der Waals surface area contributed by atoms with E-state index in [9.17, 15) is 0 Å². The highest BCUT2D eigenvalue weighted by molar-refractivity contribution is 7.73. The first-order chi connectivity index (χ1) is 6.74. The smallest absolute Gasteiger partial charge is 0.204 e. The van der Waals surface area contributed by atoms with E-state index in [0.717, 1.165) is 15.0 Å². The molecule has 0 spiro atoms. The van der Waals surface area contributed by atoms with Crippen LogP contribution >= 0.6 is 23.6 Å². The van der Waals surface area contributed by atoms with E-state index in [0.29, 0.717) is 6.04 Å². The maximum absolute atomic E-state index is 4.98. The van der Waals surface area contributed by atoms with Gasteiger partial charge in [0.15, 0.2) is 3.95 Å². The Balaban J connectivity index is 1.89. The van der Waals surface area contributed by atoms with Crippen LogP contribution in [0.1, 0.15) is 32.6 Å². The minimum Gasteiger partial charge on any atom is -0.357 e. The lowest BCUT2D eigenvalue weighted by atomic mass is 9.87. The molecule has 0 aliphatic heterocycles. The van der Waals surface area contributed by atoms with Crippen molar-refractivity contribution in [1.82, 2.24) is 10.2 Å². The summed E-state index contributed by atoms with van der Waals surface area (Å²) < 4.78 is 0.747. The number of anilines is 1. The number of rotatable bonds is 2. The topological polar surface area (TPSA) is 40.7 Å². The van der Waals surface area contributed by atoms with Crippen LogP contribution in [0.4, 0.5) is 5.13 Å². The van der Waals surface area contributed by atoms with Gasteiger partial charge in [0.25, 0.3) is 0 Å². The molecule has 14 heavy (non-hydrogen) atoms. The van der Waals surface area contributed by atoms with Gasteiger partial charge >= 0.3 is 0 Å². The highest BCUT2D eigenvalue weighted by Crippen LogP contribution is 2.26. The van der Waals surface area contributed by atoms with E-state index >= 15 is 0 Å². The average molecular weight is 229 g/mol. The molecule has 0 saturated heterocycles. The molecule has 0 bridgehead atoms. The molecule has 0 radical (unpaired) electrons. The number of hydrogen-bond acceptors (Lipinski definition) is 4. The predicted molar refractivity (Wildman–Crippen MR) is 62.3 cm³/mol. The SMILES string of the molecule is CC1CCC(Nc2n[nH]c(=S)s2)CC1. The highest BCUT2D eigenvalue weighted by Gasteiger charge is 2.18. The molecule has 1 fully saturated rings. The molecule has 1 saturated carbocycles. The third-order valence-electron chi connectivity index (χ3n) is 2.78. The molecular weight excluding hydrogens is 214 g/mol. The Bertz CT molecular complexity index is 336. The zero-order chi connectivity index (χ0) is 9.97. The summed E-state index contributed by atoms with van der Waals surface area (Å²) >= 11 is 6.50. The quantitative estimate of drug-likeness (QED) is 0.765. The van der Waals surface area contributed by atoms with Crippen LogP contribution in [0.25, 0.3) is 0 Å². The van der Waals surface area contributed by atoms with Gasteiger partial charge in [-0.15, -0.1) is 5.10 Å². The maximum atomic E-state index is 4.98. The van der Waals surface area contributed by atoms with E-state index in [4.69, 9.17) is 12.2 Å². The first kappa shape index (κ1) is 10.1. The van der Waals surface area contributed by atoms with E-state index in [2.05, 4.69) is 22.4 Å². The zero-order valence-corrected chi connectivity index (χ0v) is 9.88. The summed E-state index contributed by atoms with van der Waals surface area (Å²) in [7, 11) is 0. The van der Waals surface area contributed by atoms with Crippen LogP contribution in [0.15, 0.2) is 0 Å². The Morgan fingerprint density at radius 2 is 2.14 bits per heavy atom. The number of hydrogen-bond donors (Lipinski definition) is 2. The van der Waals surface area contributed by atoms with Gasteiger partial charge in [0.2, 0.25) is 5.13 Å². The van der Waals surface area contributed by atoms with Crippen LogP contribution in [-0.2, 0) is 0 Å². The molecule has 1 aromatic rings. The van der Waals surface area contributed by atoms with E-state index in [1.807, 2.05) is 0 Å². The summed E-state index contributed by atoms with van der Waals surface area (Å²) in [5.41, 5.74) is 0. The lowest BCUT2D eigenvalue weighted by Gasteiger charge is -2.26. The molecule has 2 N–H and O–H groups in total. The monoisotopic (exact) mass is 229 g/mol. The van der Waals surface area contributed by atoms with Crippen molar-refractivity contribution in [3.63, 3.8) is 0 Å². The predicted octanol–water partition coefficient (Wildman–Crippen LogP) is 3.19. The highest BCUT2D eigenvalue weighted by atomic mass is 32.1. The van der Waals surface area contributed by atoms with Gasteiger partial charge in [-0.2, -0.15) is 0 Å². The van der Waals surface area contributed by atoms with E-state index in [1.54, 1.807) is 0 Å². The summed E-state index contributed by atoms with van der Waals surface area (Å²) in [6, 6.07) is 0.597. The minimum absolute atomic E-state index is 0.597. The molecule has 0 aromatic carbocycles. The van der Waals surface area contributed by atoms with E-state index in [1.165, 1.54) is 37.0 Å². The van der Waals surface area contributed by atoms with Gasteiger partial charge < -0.3 is 5.32 Å². The minimum atomic E-state index is 0.597. The van der Waals surface area contributed by atoms with Gasteiger partial charge in [-0.3, -0.25) is 5.10 Å². The molecule has 1 aliphatic carbocycles. The number of H-pyrrole nitrogens is 1. The average Bonchev–Trinajstić information content (AvgIpc) is 2.56. The molecule has 0 amide bonds. The Kier molecular flexibility index (Phi) is 3.18. The summed E-state index contributed by atoms with van der Waals surface area (Å²) in [5, 5.41) is 11.3. The van der Waals surface area contributed by atoms with Gasteiger partial charge in [-0.25, -0.2) is 0 Å². The fourth-order valence-corrected chi connectivity index (χ4v) is 2.74. The second-order valence-corrected chi connectivity index (χ2v) is 5.69. The summed E-state index contributed by atoms with van der Waals surface area (Å²) in [5.74, 6) is 0.894. The van der Waals surface area contributed by atoms with Crippen molar-refractivity contribution in [3.8, 4) is 0 Å². The number of aromatic nitrogens is 2. The van der Waals surface area contributed by atoms with Crippen molar-refractivity contribution >= 4 is 28.7 Å². The Morgan fingerprint density at radius 3 is 2.71 bits per heavy atom. The van der Waals surface area contributed by atoms with Crippen LogP contribution < -0.4 is 5.32 Å². The molecule has 0 atom stereocenters. The lowest BCUT2D eigenvalue weighted by molar-refractivity contribution is 0.361. The molecule has 1 aromatic heterocycles. The van der Waals surface area contributed by atoms with Gasteiger partial charge in [0.1, 0.15) is 0 Å². The molecule has 1 heterocycles. The second kappa shape index (κ2) is 4.40. The van der Waals surface area contributed by atoms with Crippen LogP contribution in [0, 0.1) is 9.87 Å². The van der Waals surface area contributed by atoms with E-state index in [-0.39, 0.29) is 0 Å². The van der Waals surface area contributed by atoms with Crippen LogP contribution in [0.2, 0.25) is 0 Å². The summed E-state index contributed by atoms with van der Waals surface area (Å²) in [6.07, 6.45) is 5.17.